The van der Waals surface area contributed by atoms with Crippen molar-refractivity contribution in [2.75, 3.05) is 26.3 Å². The van der Waals surface area contributed by atoms with Crippen LogP contribution in [0.5, 0.6) is 0 Å². The van der Waals surface area contributed by atoms with Crippen LogP contribution >= 0.6 is 0 Å². The predicted molar refractivity (Wildman–Crippen MR) is 116 cm³/mol. The summed E-state index contributed by atoms with van der Waals surface area (Å²) >= 11 is 0. The number of halogens is 1. The highest BCUT2D eigenvalue weighted by Gasteiger charge is 2.35. The minimum absolute atomic E-state index is 0.0870. The number of hydrogen-bond acceptors (Lipinski definition) is 3. The van der Waals surface area contributed by atoms with E-state index in [4.69, 9.17) is 4.74 Å². The van der Waals surface area contributed by atoms with Gasteiger partial charge in [-0.15, -0.1) is 0 Å². The Hall–Kier alpha value is -2.73. The minimum Gasteiger partial charge on any atom is -0.381 e. The van der Waals surface area contributed by atoms with Crippen molar-refractivity contribution in [3.63, 3.8) is 0 Å². The molecule has 2 fully saturated rings. The number of rotatable bonds is 5. The van der Waals surface area contributed by atoms with Crippen LogP contribution in [0.2, 0.25) is 0 Å². The van der Waals surface area contributed by atoms with Crippen LogP contribution in [0.1, 0.15) is 41.6 Å². The number of carbonyl (C=O) groups is 2. The Morgan fingerprint density at radius 3 is 2.19 bits per heavy atom. The Morgan fingerprint density at radius 2 is 1.52 bits per heavy atom. The summed E-state index contributed by atoms with van der Waals surface area (Å²) in [5.41, 5.74) is 1.12. The van der Waals surface area contributed by atoms with E-state index in [-0.39, 0.29) is 29.5 Å². The highest BCUT2D eigenvalue weighted by molar-refractivity contribution is 5.94. The molecule has 5 nitrogen and oxygen atoms in total. The molecule has 164 valence electrons. The molecule has 2 amide bonds. The number of hydrogen-bond donors (Lipinski definition) is 0. The fourth-order valence-corrected chi connectivity index (χ4v) is 4.68. The largest absolute Gasteiger partial charge is 0.381 e. The van der Waals surface area contributed by atoms with Gasteiger partial charge in [-0.3, -0.25) is 9.59 Å². The quantitative estimate of drug-likeness (QED) is 0.736. The van der Waals surface area contributed by atoms with Gasteiger partial charge in [0, 0.05) is 38.4 Å². The van der Waals surface area contributed by atoms with Gasteiger partial charge in [-0.1, -0.05) is 42.5 Å². The lowest BCUT2D eigenvalue weighted by Crippen LogP contribution is -2.54. The number of amides is 2. The van der Waals surface area contributed by atoms with Crippen LogP contribution in [-0.4, -0.2) is 60.0 Å². The van der Waals surface area contributed by atoms with E-state index in [2.05, 4.69) is 4.90 Å². The first-order valence-electron chi connectivity index (χ1n) is 11.1. The summed E-state index contributed by atoms with van der Waals surface area (Å²) in [6, 6.07) is 16.2. The summed E-state index contributed by atoms with van der Waals surface area (Å²) in [7, 11) is 0. The second-order valence-electron chi connectivity index (χ2n) is 8.31. The van der Waals surface area contributed by atoms with Crippen molar-refractivity contribution < 1.29 is 18.7 Å². The summed E-state index contributed by atoms with van der Waals surface area (Å²) in [5.74, 6) is -0.627. The monoisotopic (exact) mass is 424 g/mol. The third kappa shape index (κ3) is 5.13. The van der Waals surface area contributed by atoms with Gasteiger partial charge in [0.1, 0.15) is 5.82 Å². The number of carbonyl (C=O) groups excluding carboxylic acids is 2. The summed E-state index contributed by atoms with van der Waals surface area (Å²) < 4.78 is 19.6. The van der Waals surface area contributed by atoms with Crippen LogP contribution in [0.15, 0.2) is 54.6 Å². The number of likely N-dealkylation sites (tertiary alicyclic amines) is 1. The van der Waals surface area contributed by atoms with Crippen molar-refractivity contribution >= 4 is 11.8 Å². The standard InChI is InChI=1S/C25H29FN2O3/c26-23-9-5-4-8-22(23)25(30)27-14-10-20(11-15-27)28(21-12-16-31-17-13-21)24(29)18-19-6-2-1-3-7-19/h1-9,20-21H,10-18H2. The maximum Gasteiger partial charge on any atom is 0.256 e. The van der Waals surface area contributed by atoms with Gasteiger partial charge in [-0.2, -0.15) is 0 Å². The van der Waals surface area contributed by atoms with Crippen LogP contribution in [0, 0.1) is 5.82 Å². The summed E-state index contributed by atoms with van der Waals surface area (Å²) in [5, 5.41) is 0. The average molecular weight is 425 g/mol. The first kappa shape index (κ1) is 21.5. The van der Waals surface area contributed by atoms with E-state index in [1.54, 1.807) is 17.0 Å². The highest BCUT2D eigenvalue weighted by Crippen LogP contribution is 2.26. The Labute approximate surface area is 182 Å². The van der Waals surface area contributed by atoms with Gasteiger partial charge in [-0.25, -0.2) is 4.39 Å². The van der Waals surface area contributed by atoms with Gasteiger partial charge in [0.15, 0.2) is 0 Å². The van der Waals surface area contributed by atoms with Crippen LogP contribution < -0.4 is 0 Å². The molecule has 6 heteroatoms. The van der Waals surface area contributed by atoms with Crippen molar-refractivity contribution in [3.8, 4) is 0 Å². The maximum atomic E-state index is 14.0. The molecule has 0 spiro atoms. The lowest BCUT2D eigenvalue weighted by Gasteiger charge is -2.43. The van der Waals surface area contributed by atoms with Gasteiger partial charge in [-0.05, 0) is 43.4 Å². The molecule has 2 aliphatic heterocycles. The van der Waals surface area contributed by atoms with E-state index < -0.39 is 5.82 Å². The van der Waals surface area contributed by atoms with E-state index in [9.17, 15) is 14.0 Å². The smallest absolute Gasteiger partial charge is 0.256 e. The molecule has 0 aromatic heterocycles. The van der Waals surface area contributed by atoms with Crippen molar-refractivity contribution in [1.29, 1.82) is 0 Å². The normalized spacial score (nSPS) is 18.0. The van der Waals surface area contributed by atoms with Crippen molar-refractivity contribution in [1.82, 2.24) is 9.80 Å². The number of ether oxygens (including phenoxy) is 1. The van der Waals surface area contributed by atoms with E-state index in [0.29, 0.717) is 45.6 Å². The van der Waals surface area contributed by atoms with Crippen LogP contribution in [-0.2, 0) is 16.0 Å². The number of piperidine rings is 1. The highest BCUT2D eigenvalue weighted by atomic mass is 19.1. The molecule has 0 radical (unpaired) electrons. The molecule has 2 aromatic rings. The zero-order chi connectivity index (χ0) is 21.6. The van der Waals surface area contributed by atoms with Gasteiger partial charge >= 0.3 is 0 Å². The van der Waals surface area contributed by atoms with Gasteiger partial charge < -0.3 is 14.5 Å². The van der Waals surface area contributed by atoms with E-state index in [0.717, 1.165) is 18.4 Å². The van der Waals surface area contributed by atoms with E-state index in [1.165, 1.54) is 12.1 Å². The van der Waals surface area contributed by atoms with Crippen LogP contribution in [0.25, 0.3) is 0 Å². The van der Waals surface area contributed by atoms with Crippen molar-refractivity contribution in [3.05, 3.63) is 71.5 Å². The number of benzene rings is 2. The maximum absolute atomic E-state index is 14.0. The lowest BCUT2D eigenvalue weighted by atomic mass is 9.96. The van der Waals surface area contributed by atoms with E-state index in [1.807, 2.05) is 30.3 Å². The lowest BCUT2D eigenvalue weighted by molar-refractivity contribution is -0.139. The molecule has 31 heavy (non-hydrogen) atoms. The Bertz CT molecular complexity index is 891. The van der Waals surface area contributed by atoms with Gasteiger partial charge in [0.05, 0.1) is 12.0 Å². The topological polar surface area (TPSA) is 49.9 Å². The van der Waals surface area contributed by atoms with Crippen LogP contribution in [0.4, 0.5) is 4.39 Å². The first-order valence-corrected chi connectivity index (χ1v) is 11.1. The SMILES string of the molecule is O=C(c1ccccc1F)N1CCC(N(C(=O)Cc2ccccc2)C2CCOCC2)CC1. The molecule has 2 heterocycles. The molecule has 0 bridgehead atoms. The Kier molecular flexibility index (Phi) is 6.97. The molecule has 0 N–H and O–H groups in total. The summed E-state index contributed by atoms with van der Waals surface area (Å²) in [6.07, 6.45) is 3.48. The van der Waals surface area contributed by atoms with Crippen molar-refractivity contribution in [2.45, 2.75) is 44.2 Å². The molecule has 2 aliphatic rings. The van der Waals surface area contributed by atoms with E-state index >= 15 is 0 Å². The summed E-state index contributed by atoms with van der Waals surface area (Å²) in [6.45, 7) is 2.39. The fraction of sp³-hybridized carbons (Fsp3) is 0.440. The molecule has 0 saturated carbocycles. The molecule has 2 aromatic carbocycles. The molecule has 0 aliphatic carbocycles. The first-order chi connectivity index (χ1) is 15.1. The van der Waals surface area contributed by atoms with Crippen molar-refractivity contribution in [2.24, 2.45) is 0 Å². The van der Waals surface area contributed by atoms with Crippen LogP contribution in [0.3, 0.4) is 0 Å². The second-order valence-corrected chi connectivity index (χ2v) is 8.31. The minimum atomic E-state index is -0.489. The molecular formula is C25H29FN2O3. The number of nitrogens with zero attached hydrogens (tertiary/aromatic N) is 2. The zero-order valence-electron chi connectivity index (χ0n) is 17.7. The summed E-state index contributed by atoms with van der Waals surface area (Å²) in [4.78, 5) is 29.9. The molecule has 4 rings (SSSR count). The Balaban J connectivity index is 1.44. The molecular weight excluding hydrogens is 395 g/mol. The van der Waals surface area contributed by atoms with Gasteiger partial charge in [0.2, 0.25) is 5.91 Å². The zero-order valence-corrected chi connectivity index (χ0v) is 17.7. The predicted octanol–water partition coefficient (Wildman–Crippen LogP) is 3.68. The molecule has 2 saturated heterocycles. The third-order valence-electron chi connectivity index (χ3n) is 6.32. The Morgan fingerprint density at radius 1 is 0.903 bits per heavy atom. The fourth-order valence-electron chi connectivity index (χ4n) is 4.68. The second kappa shape index (κ2) is 10.1. The average Bonchev–Trinajstić information content (AvgIpc) is 2.81. The van der Waals surface area contributed by atoms with Gasteiger partial charge in [0.25, 0.3) is 5.91 Å². The molecule has 0 unspecified atom stereocenters. The molecule has 0 atom stereocenters. The third-order valence-corrected chi connectivity index (χ3v) is 6.32.